The molecule has 0 aromatic heterocycles. The van der Waals surface area contributed by atoms with Crippen molar-refractivity contribution in [3.8, 4) is 5.75 Å². The molecule has 6 nitrogen and oxygen atoms in total. The number of methoxy groups -OCH3 is 2. The van der Waals surface area contributed by atoms with Gasteiger partial charge in [-0.1, -0.05) is 23.2 Å². The Morgan fingerprint density at radius 2 is 1.95 bits per heavy atom. The minimum absolute atomic E-state index is 0.249. The average Bonchev–Trinajstić information content (AvgIpc) is 2.45. The van der Waals surface area contributed by atoms with E-state index in [0.717, 1.165) is 0 Å². The van der Waals surface area contributed by atoms with Crippen LogP contribution in [-0.4, -0.2) is 26.2 Å². The highest BCUT2D eigenvalue weighted by Crippen LogP contribution is 2.39. The van der Waals surface area contributed by atoms with Gasteiger partial charge in [0.15, 0.2) is 0 Å². The lowest BCUT2D eigenvalue weighted by Gasteiger charge is -2.29. The van der Waals surface area contributed by atoms with Crippen LogP contribution in [-0.2, 0) is 9.53 Å². The van der Waals surface area contributed by atoms with Crippen molar-refractivity contribution in [1.82, 2.24) is 10.6 Å². The molecule has 8 heteroatoms. The van der Waals surface area contributed by atoms with Gasteiger partial charge in [-0.05, 0) is 19.1 Å². The molecule has 0 aliphatic carbocycles. The number of halogens is 2. The topological polar surface area (TPSA) is 76.7 Å². The number of hydrogen-bond donors (Lipinski definition) is 2. The van der Waals surface area contributed by atoms with Gasteiger partial charge >= 0.3 is 12.0 Å². The van der Waals surface area contributed by atoms with E-state index >= 15 is 0 Å². The molecule has 1 aliphatic rings. The van der Waals surface area contributed by atoms with Gasteiger partial charge in [0.2, 0.25) is 0 Å². The Labute approximate surface area is 137 Å². The second kappa shape index (κ2) is 6.46. The quantitative estimate of drug-likeness (QED) is 0.826. The molecule has 0 bridgehead atoms. The molecule has 22 heavy (non-hydrogen) atoms. The third kappa shape index (κ3) is 2.98. The van der Waals surface area contributed by atoms with Gasteiger partial charge in [-0.15, -0.1) is 0 Å². The van der Waals surface area contributed by atoms with Crippen molar-refractivity contribution in [3.63, 3.8) is 0 Å². The standard InChI is InChI=1S/C14H14Cl2N2O4/c1-6-10(13(19)22-3)11(18-14(20)17-6)8-4-7(15)5-9(16)12(8)21-2/h4-5,11H,1-3H3,(H2,17,18,20). The number of carbonyl (C=O) groups is 2. The van der Waals surface area contributed by atoms with E-state index in [1.165, 1.54) is 20.3 Å². The maximum Gasteiger partial charge on any atom is 0.337 e. The van der Waals surface area contributed by atoms with Gasteiger partial charge in [-0.3, -0.25) is 0 Å². The number of ether oxygens (including phenoxy) is 2. The van der Waals surface area contributed by atoms with E-state index in [1.54, 1.807) is 13.0 Å². The van der Waals surface area contributed by atoms with Gasteiger partial charge in [0.25, 0.3) is 0 Å². The summed E-state index contributed by atoms with van der Waals surface area (Å²) in [6, 6.07) is 1.86. The molecule has 1 aliphatic heterocycles. The van der Waals surface area contributed by atoms with Gasteiger partial charge < -0.3 is 20.1 Å². The van der Waals surface area contributed by atoms with Crippen LogP contribution in [0.3, 0.4) is 0 Å². The molecular weight excluding hydrogens is 331 g/mol. The summed E-state index contributed by atoms with van der Waals surface area (Å²) in [5.41, 5.74) is 1.10. The van der Waals surface area contributed by atoms with Crippen molar-refractivity contribution in [3.05, 3.63) is 39.0 Å². The van der Waals surface area contributed by atoms with Gasteiger partial charge in [-0.2, -0.15) is 0 Å². The van der Waals surface area contributed by atoms with Crippen molar-refractivity contribution in [1.29, 1.82) is 0 Å². The second-order valence-corrected chi connectivity index (χ2v) is 5.42. The maximum atomic E-state index is 12.1. The van der Waals surface area contributed by atoms with Crippen molar-refractivity contribution < 1.29 is 19.1 Å². The highest BCUT2D eigenvalue weighted by molar-refractivity contribution is 6.35. The van der Waals surface area contributed by atoms with E-state index in [2.05, 4.69) is 10.6 Å². The number of rotatable bonds is 3. The highest BCUT2D eigenvalue weighted by Gasteiger charge is 2.34. The molecule has 0 saturated carbocycles. The zero-order valence-corrected chi connectivity index (χ0v) is 13.6. The van der Waals surface area contributed by atoms with Crippen molar-refractivity contribution in [2.75, 3.05) is 14.2 Å². The van der Waals surface area contributed by atoms with Crippen LogP contribution in [0.2, 0.25) is 10.0 Å². The number of amides is 2. The zero-order chi connectivity index (χ0) is 16.4. The molecule has 2 N–H and O–H groups in total. The van der Waals surface area contributed by atoms with E-state index in [0.29, 0.717) is 22.0 Å². The number of benzene rings is 1. The molecule has 1 unspecified atom stereocenters. The van der Waals surface area contributed by atoms with Crippen molar-refractivity contribution in [2.45, 2.75) is 13.0 Å². The average molecular weight is 345 g/mol. The predicted octanol–water partition coefficient (Wildman–Crippen LogP) is 2.80. The molecule has 2 amide bonds. The molecule has 118 valence electrons. The van der Waals surface area contributed by atoms with Gasteiger partial charge in [0, 0.05) is 16.3 Å². The lowest BCUT2D eigenvalue weighted by atomic mass is 9.95. The largest absolute Gasteiger partial charge is 0.495 e. The van der Waals surface area contributed by atoms with E-state index in [-0.39, 0.29) is 10.6 Å². The monoisotopic (exact) mass is 344 g/mol. The van der Waals surface area contributed by atoms with Crippen LogP contribution in [0.25, 0.3) is 0 Å². The SMILES string of the molecule is COC(=O)C1=C(C)NC(=O)NC1c1cc(Cl)cc(Cl)c1OC. The fraction of sp³-hybridized carbons (Fsp3) is 0.286. The molecular formula is C14H14Cl2N2O4. The molecule has 2 rings (SSSR count). The summed E-state index contributed by atoms with van der Waals surface area (Å²) in [5, 5.41) is 5.82. The first kappa shape index (κ1) is 16.5. The lowest BCUT2D eigenvalue weighted by Crippen LogP contribution is -2.45. The number of carbonyl (C=O) groups excluding carboxylic acids is 2. The molecule has 1 atom stereocenters. The van der Waals surface area contributed by atoms with Crippen LogP contribution < -0.4 is 15.4 Å². The number of hydrogen-bond acceptors (Lipinski definition) is 4. The zero-order valence-electron chi connectivity index (χ0n) is 12.1. The van der Waals surface area contributed by atoms with Crippen LogP contribution in [0, 0.1) is 0 Å². The van der Waals surface area contributed by atoms with Crippen LogP contribution in [0.5, 0.6) is 5.75 Å². The third-order valence-electron chi connectivity index (χ3n) is 3.23. The van der Waals surface area contributed by atoms with Gasteiger partial charge in [0.05, 0.1) is 30.9 Å². The van der Waals surface area contributed by atoms with Crippen molar-refractivity contribution >= 4 is 35.2 Å². The summed E-state index contributed by atoms with van der Waals surface area (Å²) in [6.07, 6.45) is 0. The minimum Gasteiger partial charge on any atom is -0.495 e. The second-order valence-electron chi connectivity index (χ2n) is 4.57. The molecule has 1 aromatic carbocycles. The summed E-state index contributed by atoms with van der Waals surface area (Å²) in [4.78, 5) is 23.8. The number of urea groups is 1. The summed E-state index contributed by atoms with van der Waals surface area (Å²) in [6.45, 7) is 1.61. The molecule has 1 heterocycles. The number of allylic oxidation sites excluding steroid dienone is 1. The fourth-order valence-corrected chi connectivity index (χ4v) is 2.90. The highest BCUT2D eigenvalue weighted by atomic mass is 35.5. The Bertz CT molecular complexity index is 673. The molecule has 0 radical (unpaired) electrons. The predicted molar refractivity (Wildman–Crippen MR) is 82.1 cm³/mol. The summed E-state index contributed by atoms with van der Waals surface area (Å²) < 4.78 is 10.1. The summed E-state index contributed by atoms with van der Waals surface area (Å²) in [7, 11) is 2.70. The summed E-state index contributed by atoms with van der Waals surface area (Å²) >= 11 is 12.1. The van der Waals surface area contributed by atoms with Crippen molar-refractivity contribution in [2.24, 2.45) is 0 Å². The van der Waals surface area contributed by atoms with E-state index < -0.39 is 18.0 Å². The molecule has 0 saturated heterocycles. The first-order valence-electron chi connectivity index (χ1n) is 6.28. The Morgan fingerprint density at radius 1 is 1.27 bits per heavy atom. The Balaban J connectivity index is 2.65. The lowest BCUT2D eigenvalue weighted by molar-refractivity contribution is -0.136. The van der Waals surface area contributed by atoms with E-state index in [4.69, 9.17) is 32.7 Å². The van der Waals surface area contributed by atoms with Crippen LogP contribution in [0.1, 0.15) is 18.5 Å². The van der Waals surface area contributed by atoms with E-state index in [1.807, 2.05) is 0 Å². The molecule has 0 spiro atoms. The first-order valence-corrected chi connectivity index (χ1v) is 7.04. The maximum absolute atomic E-state index is 12.1. The number of esters is 1. The fourth-order valence-electron chi connectivity index (χ4n) is 2.32. The van der Waals surface area contributed by atoms with Gasteiger partial charge in [0.1, 0.15) is 5.75 Å². The summed E-state index contributed by atoms with van der Waals surface area (Å²) in [5.74, 6) is -0.249. The van der Waals surface area contributed by atoms with Gasteiger partial charge in [-0.25, -0.2) is 9.59 Å². The Morgan fingerprint density at radius 3 is 2.55 bits per heavy atom. The van der Waals surface area contributed by atoms with Crippen LogP contribution in [0.4, 0.5) is 4.79 Å². The Hall–Kier alpha value is -1.92. The third-order valence-corrected chi connectivity index (χ3v) is 3.73. The minimum atomic E-state index is -0.785. The van der Waals surface area contributed by atoms with E-state index in [9.17, 15) is 9.59 Å². The smallest absolute Gasteiger partial charge is 0.337 e. The first-order chi connectivity index (χ1) is 10.4. The molecule has 1 aromatic rings. The Kier molecular flexibility index (Phi) is 4.83. The number of nitrogens with one attached hydrogen (secondary N) is 2. The van der Waals surface area contributed by atoms with Crippen LogP contribution >= 0.6 is 23.2 Å². The molecule has 0 fully saturated rings. The normalized spacial score (nSPS) is 17.7. The van der Waals surface area contributed by atoms with Crippen LogP contribution in [0.15, 0.2) is 23.4 Å².